The van der Waals surface area contributed by atoms with E-state index in [4.69, 9.17) is 4.98 Å². The quantitative estimate of drug-likeness (QED) is 0.812. The van der Waals surface area contributed by atoms with Crippen LogP contribution in [0.25, 0.3) is 0 Å². The van der Waals surface area contributed by atoms with Gasteiger partial charge in [0.25, 0.3) is 0 Å². The van der Waals surface area contributed by atoms with Crippen LogP contribution in [0.15, 0.2) is 30.7 Å². The number of piperazine rings is 1. The van der Waals surface area contributed by atoms with Crippen molar-refractivity contribution in [2.24, 2.45) is 0 Å². The summed E-state index contributed by atoms with van der Waals surface area (Å²) in [6.45, 7) is 6.76. The molecule has 146 valence electrons. The third-order valence-corrected chi connectivity index (χ3v) is 5.75. The van der Waals surface area contributed by atoms with Crippen LogP contribution >= 0.6 is 0 Å². The second-order valence-electron chi connectivity index (χ2n) is 7.54. The van der Waals surface area contributed by atoms with Crippen LogP contribution in [0.2, 0.25) is 0 Å². The highest BCUT2D eigenvalue weighted by molar-refractivity contribution is 6.04. The van der Waals surface area contributed by atoms with Gasteiger partial charge in [0.2, 0.25) is 0 Å². The van der Waals surface area contributed by atoms with E-state index in [0.717, 1.165) is 56.5 Å². The minimum absolute atomic E-state index is 0.118. The summed E-state index contributed by atoms with van der Waals surface area (Å²) in [7, 11) is 0. The number of carbonyl (C=O) groups excluding carboxylic acids is 1. The maximum absolute atomic E-state index is 13.1. The van der Waals surface area contributed by atoms with E-state index in [9.17, 15) is 4.79 Å². The van der Waals surface area contributed by atoms with Crippen LogP contribution in [-0.4, -0.2) is 65.8 Å². The topological polar surface area (TPSA) is 89.5 Å². The molecule has 3 aliphatic heterocycles. The van der Waals surface area contributed by atoms with Crippen LogP contribution < -0.4 is 25.3 Å². The first kappa shape index (κ1) is 17.2. The summed E-state index contributed by atoms with van der Waals surface area (Å²) in [5.74, 6) is 2.10. The molecule has 2 amide bonds. The van der Waals surface area contributed by atoms with E-state index < -0.39 is 0 Å². The number of amides is 2. The summed E-state index contributed by atoms with van der Waals surface area (Å²) in [4.78, 5) is 32.7. The largest absolute Gasteiger partial charge is 0.366 e. The Balaban J connectivity index is 1.49. The second-order valence-corrected chi connectivity index (χ2v) is 7.54. The summed E-state index contributed by atoms with van der Waals surface area (Å²) >= 11 is 0. The highest BCUT2D eigenvalue weighted by Gasteiger charge is 2.40. The first-order valence-electron chi connectivity index (χ1n) is 9.80. The zero-order valence-electron chi connectivity index (χ0n) is 15.9. The van der Waals surface area contributed by atoms with E-state index in [1.807, 2.05) is 4.90 Å². The number of fused-ring (bicyclic) bond motifs is 4. The molecular weight excluding hydrogens is 356 g/mol. The van der Waals surface area contributed by atoms with Crippen LogP contribution in [0.4, 0.5) is 27.9 Å². The number of pyridine rings is 1. The number of urea groups is 1. The van der Waals surface area contributed by atoms with E-state index in [1.165, 1.54) is 0 Å². The molecule has 0 saturated carbocycles. The summed E-state index contributed by atoms with van der Waals surface area (Å²) in [6, 6.07) is 4.47. The molecule has 9 nitrogen and oxygen atoms in total. The van der Waals surface area contributed by atoms with Gasteiger partial charge in [0.15, 0.2) is 11.6 Å². The summed E-state index contributed by atoms with van der Waals surface area (Å²) in [5.41, 5.74) is 1.02. The molecule has 2 N–H and O–H groups in total. The Bertz CT molecular complexity index is 875. The van der Waals surface area contributed by atoms with Gasteiger partial charge in [0.1, 0.15) is 5.82 Å². The maximum atomic E-state index is 13.1. The standard InChI is InChI=1S/C19H24N8O/c1-13-10-21-7-9-26(13)17-3-2-15-18(24-17)27(14-4-8-25(15)12-14)19(28)23-16-11-20-5-6-22-16/h2-3,5-6,11,13-14,21H,4,7-10,12H2,1H3,(H,22,23,28)/t13-,14-/m0/s1. The fourth-order valence-corrected chi connectivity index (χ4v) is 4.34. The van der Waals surface area contributed by atoms with Crippen molar-refractivity contribution in [3.8, 4) is 0 Å². The first-order valence-corrected chi connectivity index (χ1v) is 9.80. The smallest absolute Gasteiger partial charge is 0.329 e. The fraction of sp³-hybridized carbons (Fsp3) is 0.474. The van der Waals surface area contributed by atoms with Crippen LogP contribution in [-0.2, 0) is 0 Å². The number of nitrogens with zero attached hydrogens (tertiary/aromatic N) is 6. The molecule has 0 aromatic carbocycles. The summed E-state index contributed by atoms with van der Waals surface area (Å²) < 4.78 is 0. The van der Waals surface area contributed by atoms with Gasteiger partial charge in [-0.1, -0.05) is 0 Å². The fourth-order valence-electron chi connectivity index (χ4n) is 4.34. The molecule has 2 bridgehead atoms. The Morgan fingerprint density at radius 3 is 3.04 bits per heavy atom. The van der Waals surface area contributed by atoms with Crippen molar-refractivity contribution in [3.63, 3.8) is 0 Å². The zero-order valence-corrected chi connectivity index (χ0v) is 15.9. The van der Waals surface area contributed by atoms with Crippen molar-refractivity contribution < 1.29 is 4.79 Å². The molecule has 2 aromatic rings. The lowest BCUT2D eigenvalue weighted by molar-refractivity contribution is 0.254. The minimum Gasteiger partial charge on any atom is -0.366 e. The van der Waals surface area contributed by atoms with Crippen LogP contribution in [0.1, 0.15) is 13.3 Å². The van der Waals surface area contributed by atoms with E-state index >= 15 is 0 Å². The van der Waals surface area contributed by atoms with Gasteiger partial charge in [-0.25, -0.2) is 14.8 Å². The molecule has 5 heterocycles. The molecule has 2 fully saturated rings. The lowest BCUT2D eigenvalue weighted by atomic mass is 10.1. The molecule has 0 radical (unpaired) electrons. The average Bonchev–Trinajstić information content (AvgIpc) is 3.13. The number of aromatic nitrogens is 3. The van der Waals surface area contributed by atoms with Crippen LogP contribution in [0.3, 0.4) is 0 Å². The molecule has 9 heteroatoms. The van der Waals surface area contributed by atoms with Crippen molar-refractivity contribution in [3.05, 3.63) is 30.7 Å². The number of hydrogen-bond donors (Lipinski definition) is 2. The highest BCUT2D eigenvalue weighted by atomic mass is 16.2. The zero-order chi connectivity index (χ0) is 19.1. The molecule has 28 heavy (non-hydrogen) atoms. The average molecular weight is 380 g/mol. The van der Waals surface area contributed by atoms with Gasteiger partial charge in [-0.15, -0.1) is 0 Å². The number of nitrogens with one attached hydrogen (secondary N) is 2. The monoisotopic (exact) mass is 380 g/mol. The van der Waals surface area contributed by atoms with Crippen molar-refractivity contribution in [2.75, 3.05) is 52.7 Å². The second kappa shape index (κ2) is 6.90. The van der Waals surface area contributed by atoms with Crippen molar-refractivity contribution in [2.45, 2.75) is 25.4 Å². The van der Waals surface area contributed by atoms with Crippen molar-refractivity contribution in [1.29, 1.82) is 0 Å². The molecule has 2 atom stereocenters. The normalized spacial score (nSPS) is 23.5. The van der Waals surface area contributed by atoms with Gasteiger partial charge in [-0.2, -0.15) is 0 Å². The number of anilines is 4. The van der Waals surface area contributed by atoms with Gasteiger partial charge in [0.05, 0.1) is 17.9 Å². The van der Waals surface area contributed by atoms with E-state index in [0.29, 0.717) is 11.9 Å². The van der Waals surface area contributed by atoms with Gasteiger partial charge in [-0.05, 0) is 25.5 Å². The molecule has 2 saturated heterocycles. The first-order chi connectivity index (χ1) is 13.7. The van der Waals surface area contributed by atoms with Crippen LogP contribution in [0.5, 0.6) is 0 Å². The molecule has 3 aliphatic rings. The molecule has 2 aromatic heterocycles. The number of carbonyl (C=O) groups is 1. The Morgan fingerprint density at radius 1 is 1.29 bits per heavy atom. The van der Waals surface area contributed by atoms with Gasteiger partial charge < -0.3 is 15.1 Å². The van der Waals surface area contributed by atoms with E-state index in [-0.39, 0.29) is 12.1 Å². The van der Waals surface area contributed by atoms with Gasteiger partial charge in [0, 0.05) is 51.2 Å². The van der Waals surface area contributed by atoms with E-state index in [1.54, 1.807) is 18.6 Å². The van der Waals surface area contributed by atoms with Crippen molar-refractivity contribution >= 4 is 29.2 Å². The lowest BCUT2D eigenvalue weighted by Gasteiger charge is -2.38. The van der Waals surface area contributed by atoms with Gasteiger partial charge >= 0.3 is 6.03 Å². The minimum atomic E-state index is -0.202. The third kappa shape index (κ3) is 2.91. The molecule has 5 rings (SSSR count). The molecule has 0 unspecified atom stereocenters. The predicted molar refractivity (Wildman–Crippen MR) is 108 cm³/mol. The predicted octanol–water partition coefficient (Wildman–Crippen LogP) is 1.30. The Labute approximate surface area is 163 Å². The Hall–Kier alpha value is -2.94. The number of rotatable bonds is 2. The van der Waals surface area contributed by atoms with Crippen LogP contribution in [0, 0.1) is 0 Å². The SMILES string of the molecule is C[C@H]1CNCCN1c1ccc2c(n1)N(C(=O)Nc1cnccn1)[C@H]1CCN2C1. The van der Waals surface area contributed by atoms with E-state index in [2.05, 4.69) is 49.5 Å². The number of hydrogen-bond acceptors (Lipinski definition) is 7. The Kier molecular flexibility index (Phi) is 4.23. The van der Waals surface area contributed by atoms with Crippen molar-refractivity contribution in [1.82, 2.24) is 20.3 Å². The van der Waals surface area contributed by atoms with Gasteiger partial charge in [-0.3, -0.25) is 15.2 Å². The molecule has 0 aliphatic carbocycles. The summed E-state index contributed by atoms with van der Waals surface area (Å²) in [5, 5.41) is 6.28. The maximum Gasteiger partial charge on any atom is 0.329 e. The lowest BCUT2D eigenvalue weighted by Crippen LogP contribution is -2.51. The highest BCUT2D eigenvalue weighted by Crippen LogP contribution is 2.40. The Morgan fingerprint density at radius 2 is 2.21 bits per heavy atom. The molecular formula is C19H24N8O. The third-order valence-electron chi connectivity index (χ3n) is 5.75. The summed E-state index contributed by atoms with van der Waals surface area (Å²) in [6.07, 6.45) is 5.64. The molecule has 0 spiro atoms.